The fourth-order valence-corrected chi connectivity index (χ4v) is 3.54. The third-order valence-corrected chi connectivity index (χ3v) is 5.18. The molecule has 0 bridgehead atoms. The van der Waals surface area contributed by atoms with Crippen LogP contribution in [0, 0.1) is 0 Å². The van der Waals surface area contributed by atoms with Crippen molar-refractivity contribution in [3.8, 4) is 23.0 Å². The van der Waals surface area contributed by atoms with Crippen molar-refractivity contribution in [2.24, 2.45) is 0 Å². The Kier molecular flexibility index (Phi) is 8.34. The fraction of sp³-hybridized carbons (Fsp3) is 0.231. The van der Waals surface area contributed by atoms with Gasteiger partial charge >= 0.3 is 5.97 Å². The van der Waals surface area contributed by atoms with Crippen molar-refractivity contribution in [3.63, 3.8) is 0 Å². The molecule has 0 unspecified atom stereocenters. The van der Waals surface area contributed by atoms with E-state index in [4.69, 9.17) is 18.9 Å². The lowest BCUT2D eigenvalue weighted by atomic mass is 10.1. The number of carbonyl (C=O) groups excluding carboxylic acids is 1. The van der Waals surface area contributed by atoms with Crippen LogP contribution in [0.5, 0.6) is 23.0 Å². The Bertz CT molecular complexity index is 1130. The van der Waals surface area contributed by atoms with Gasteiger partial charge in [0.1, 0.15) is 5.56 Å². The molecule has 0 saturated carbocycles. The third kappa shape index (κ3) is 5.78. The Labute approximate surface area is 198 Å². The Morgan fingerprint density at radius 2 is 1.41 bits per heavy atom. The van der Waals surface area contributed by atoms with Crippen molar-refractivity contribution in [3.05, 3.63) is 83.4 Å². The molecule has 0 aliphatic heterocycles. The van der Waals surface area contributed by atoms with Gasteiger partial charge in [0.15, 0.2) is 29.6 Å². The molecule has 0 aliphatic rings. The van der Waals surface area contributed by atoms with Gasteiger partial charge in [0.25, 0.3) is 5.91 Å². The van der Waals surface area contributed by atoms with Gasteiger partial charge in [-0.15, -0.1) is 0 Å². The van der Waals surface area contributed by atoms with Crippen LogP contribution in [0.1, 0.15) is 21.5 Å². The van der Waals surface area contributed by atoms with E-state index in [1.54, 1.807) is 37.3 Å². The minimum atomic E-state index is -1.18. The number of carboxylic acids is 1. The summed E-state index contributed by atoms with van der Waals surface area (Å²) in [6, 6.07) is 19.5. The molecule has 178 valence electrons. The number of carbonyl (C=O) groups is 2. The molecule has 1 amide bonds. The lowest BCUT2D eigenvalue weighted by Gasteiger charge is -2.25. The van der Waals surface area contributed by atoms with Crippen LogP contribution in [0.15, 0.2) is 66.7 Å². The highest BCUT2D eigenvalue weighted by molar-refractivity contribution is 5.92. The van der Waals surface area contributed by atoms with Gasteiger partial charge in [-0.3, -0.25) is 4.79 Å². The molecule has 3 aromatic carbocycles. The van der Waals surface area contributed by atoms with Gasteiger partial charge in [-0.25, -0.2) is 4.79 Å². The highest BCUT2D eigenvalue weighted by Gasteiger charge is 2.22. The number of aromatic carboxylic acids is 1. The predicted octanol–water partition coefficient (Wildman–Crippen LogP) is 4.02. The lowest BCUT2D eigenvalue weighted by molar-refractivity contribution is -0.134. The summed E-state index contributed by atoms with van der Waals surface area (Å²) in [4.78, 5) is 26.5. The molecule has 0 saturated heterocycles. The fourth-order valence-electron chi connectivity index (χ4n) is 3.54. The summed E-state index contributed by atoms with van der Waals surface area (Å²) in [5.41, 5.74) is 1.60. The summed E-state index contributed by atoms with van der Waals surface area (Å²) in [5, 5.41) is 9.50. The Balaban J connectivity index is 1.88. The van der Waals surface area contributed by atoms with Crippen LogP contribution in [0.2, 0.25) is 0 Å². The number of hydrogen-bond acceptors (Lipinski definition) is 6. The van der Waals surface area contributed by atoms with Crippen molar-refractivity contribution in [2.75, 3.05) is 27.9 Å². The molecule has 1 N–H and O–H groups in total. The van der Waals surface area contributed by atoms with Crippen molar-refractivity contribution >= 4 is 11.9 Å². The molecule has 0 aliphatic carbocycles. The number of ether oxygens (including phenoxy) is 4. The first-order chi connectivity index (χ1) is 16.5. The average molecular weight is 466 g/mol. The molecule has 3 aromatic rings. The highest BCUT2D eigenvalue weighted by atomic mass is 16.5. The second kappa shape index (κ2) is 11.6. The number of nitrogens with zero attached hydrogens (tertiary/aromatic N) is 1. The minimum absolute atomic E-state index is 0.00414. The zero-order valence-corrected chi connectivity index (χ0v) is 19.3. The SMILES string of the molecule is COc1cccc(CN(Cc2ccccc2)C(=O)COc2c(OC)cccc2C(=O)O)c1OC. The van der Waals surface area contributed by atoms with Gasteiger partial charge in [0, 0.05) is 18.7 Å². The molecule has 0 heterocycles. The van der Waals surface area contributed by atoms with E-state index in [-0.39, 0.29) is 36.1 Å². The number of hydrogen-bond donors (Lipinski definition) is 1. The van der Waals surface area contributed by atoms with Gasteiger partial charge in [-0.05, 0) is 23.8 Å². The largest absolute Gasteiger partial charge is 0.493 e. The van der Waals surface area contributed by atoms with Crippen molar-refractivity contribution in [1.29, 1.82) is 0 Å². The smallest absolute Gasteiger partial charge is 0.339 e. The molecule has 0 atom stereocenters. The summed E-state index contributed by atoms with van der Waals surface area (Å²) in [5.74, 6) is -0.182. The molecule has 0 fully saturated rings. The summed E-state index contributed by atoms with van der Waals surface area (Å²) >= 11 is 0. The number of rotatable bonds is 11. The van der Waals surface area contributed by atoms with E-state index in [0.29, 0.717) is 18.0 Å². The number of amides is 1. The topological polar surface area (TPSA) is 94.5 Å². The summed E-state index contributed by atoms with van der Waals surface area (Å²) in [6.45, 7) is 0.177. The summed E-state index contributed by atoms with van der Waals surface area (Å²) < 4.78 is 21.8. The predicted molar refractivity (Wildman–Crippen MR) is 126 cm³/mol. The zero-order valence-electron chi connectivity index (χ0n) is 19.3. The maximum absolute atomic E-state index is 13.3. The maximum atomic E-state index is 13.3. The Morgan fingerprint density at radius 1 is 0.765 bits per heavy atom. The quantitative estimate of drug-likeness (QED) is 0.457. The molecular formula is C26H27NO7. The van der Waals surface area contributed by atoms with E-state index < -0.39 is 5.97 Å². The monoisotopic (exact) mass is 465 g/mol. The van der Waals surface area contributed by atoms with E-state index in [2.05, 4.69) is 0 Å². The molecular weight excluding hydrogens is 438 g/mol. The number of para-hydroxylation sites is 2. The van der Waals surface area contributed by atoms with Gasteiger partial charge in [0.2, 0.25) is 0 Å². The van der Waals surface area contributed by atoms with Gasteiger partial charge in [-0.1, -0.05) is 48.5 Å². The molecule has 8 heteroatoms. The Morgan fingerprint density at radius 3 is 2.03 bits per heavy atom. The minimum Gasteiger partial charge on any atom is -0.493 e. The van der Waals surface area contributed by atoms with E-state index in [9.17, 15) is 14.7 Å². The molecule has 8 nitrogen and oxygen atoms in total. The van der Waals surface area contributed by atoms with E-state index >= 15 is 0 Å². The second-order valence-corrected chi connectivity index (χ2v) is 7.32. The zero-order chi connectivity index (χ0) is 24.5. The van der Waals surface area contributed by atoms with Crippen LogP contribution in [-0.2, 0) is 17.9 Å². The summed E-state index contributed by atoms with van der Waals surface area (Å²) in [6.07, 6.45) is 0. The van der Waals surface area contributed by atoms with Gasteiger partial charge in [0.05, 0.1) is 21.3 Å². The normalized spacial score (nSPS) is 10.3. The van der Waals surface area contributed by atoms with Crippen molar-refractivity contribution in [2.45, 2.75) is 13.1 Å². The van der Waals surface area contributed by atoms with E-state index in [0.717, 1.165) is 11.1 Å². The molecule has 34 heavy (non-hydrogen) atoms. The average Bonchev–Trinajstić information content (AvgIpc) is 2.86. The van der Waals surface area contributed by atoms with Crippen molar-refractivity contribution in [1.82, 2.24) is 4.90 Å². The van der Waals surface area contributed by atoms with Crippen LogP contribution in [0.3, 0.4) is 0 Å². The summed E-state index contributed by atoms with van der Waals surface area (Å²) in [7, 11) is 4.50. The van der Waals surface area contributed by atoms with Crippen LogP contribution in [-0.4, -0.2) is 49.8 Å². The van der Waals surface area contributed by atoms with Crippen LogP contribution in [0.25, 0.3) is 0 Å². The van der Waals surface area contributed by atoms with Crippen LogP contribution < -0.4 is 18.9 Å². The number of carboxylic acid groups (broad SMARTS) is 1. The lowest BCUT2D eigenvalue weighted by Crippen LogP contribution is -2.34. The molecule has 0 aromatic heterocycles. The van der Waals surface area contributed by atoms with Gasteiger partial charge in [-0.2, -0.15) is 0 Å². The van der Waals surface area contributed by atoms with E-state index in [1.165, 1.54) is 13.2 Å². The van der Waals surface area contributed by atoms with E-state index in [1.807, 2.05) is 42.5 Å². The second-order valence-electron chi connectivity index (χ2n) is 7.32. The van der Waals surface area contributed by atoms with Crippen LogP contribution in [0.4, 0.5) is 0 Å². The number of methoxy groups -OCH3 is 3. The first kappa shape index (κ1) is 24.4. The molecule has 0 radical (unpaired) electrons. The number of benzene rings is 3. The standard InChI is InChI=1S/C26H27NO7/c1-31-21-13-7-11-19(24(21)33-3)16-27(15-18-9-5-4-6-10-18)23(28)17-34-25-20(26(29)30)12-8-14-22(25)32-2/h4-14H,15-17H2,1-3H3,(H,29,30). The van der Waals surface area contributed by atoms with Crippen LogP contribution >= 0.6 is 0 Å². The first-order valence-electron chi connectivity index (χ1n) is 10.5. The first-order valence-corrected chi connectivity index (χ1v) is 10.5. The maximum Gasteiger partial charge on any atom is 0.339 e. The van der Waals surface area contributed by atoms with Gasteiger partial charge < -0.3 is 29.0 Å². The highest BCUT2D eigenvalue weighted by Crippen LogP contribution is 2.33. The Hall–Kier alpha value is -4.20. The molecule has 3 rings (SSSR count). The van der Waals surface area contributed by atoms with Crippen molar-refractivity contribution < 1.29 is 33.6 Å². The third-order valence-electron chi connectivity index (χ3n) is 5.18. The molecule has 0 spiro atoms.